The van der Waals surface area contributed by atoms with E-state index in [0.717, 1.165) is 24.9 Å². The highest BCUT2D eigenvalue weighted by Crippen LogP contribution is 2.17. The van der Waals surface area contributed by atoms with Gasteiger partial charge in [0.15, 0.2) is 5.96 Å². The van der Waals surface area contributed by atoms with Gasteiger partial charge in [0.2, 0.25) is 5.91 Å². The van der Waals surface area contributed by atoms with E-state index in [1.165, 1.54) is 5.56 Å². The van der Waals surface area contributed by atoms with Crippen LogP contribution in [0.5, 0.6) is 0 Å². The minimum atomic E-state index is -0.159. The third-order valence-corrected chi connectivity index (χ3v) is 2.94. The van der Waals surface area contributed by atoms with Crippen LogP contribution in [0.25, 0.3) is 0 Å². The number of benzene rings is 1. The highest BCUT2D eigenvalue weighted by atomic mass is 16.1. The Balaban J connectivity index is 1.82. The summed E-state index contributed by atoms with van der Waals surface area (Å²) in [5.41, 5.74) is 7.65. The zero-order chi connectivity index (χ0) is 13.7. The van der Waals surface area contributed by atoms with Crippen molar-refractivity contribution in [1.82, 2.24) is 5.32 Å². The summed E-state index contributed by atoms with van der Waals surface area (Å²) >= 11 is 0. The van der Waals surface area contributed by atoms with Gasteiger partial charge in [-0.1, -0.05) is 19.1 Å². The Kier molecular flexibility index (Phi) is 4.39. The molecule has 1 aliphatic rings. The van der Waals surface area contributed by atoms with E-state index in [0.29, 0.717) is 12.0 Å². The number of hydrogen-bond donors (Lipinski definition) is 3. The number of carbonyl (C=O) groups is 1. The largest absolute Gasteiger partial charge is 0.370 e. The fourth-order valence-electron chi connectivity index (χ4n) is 1.71. The van der Waals surface area contributed by atoms with Gasteiger partial charge in [-0.2, -0.15) is 0 Å². The number of rotatable bonds is 5. The molecule has 1 aromatic carbocycles. The molecule has 0 bridgehead atoms. The molecule has 5 nitrogen and oxygen atoms in total. The first-order chi connectivity index (χ1) is 9.17. The second-order valence-corrected chi connectivity index (χ2v) is 4.72. The summed E-state index contributed by atoms with van der Waals surface area (Å²) < 4.78 is 0. The van der Waals surface area contributed by atoms with Crippen LogP contribution >= 0.6 is 0 Å². The predicted molar refractivity (Wildman–Crippen MR) is 77.1 cm³/mol. The maximum Gasteiger partial charge on any atom is 0.246 e. The number of aliphatic imine (C=N–C) groups is 1. The fraction of sp³-hybridized carbons (Fsp3) is 0.429. The molecular formula is C14H20N4O. The Hall–Kier alpha value is -2.04. The van der Waals surface area contributed by atoms with Crippen molar-refractivity contribution >= 4 is 17.6 Å². The zero-order valence-electron chi connectivity index (χ0n) is 11.1. The van der Waals surface area contributed by atoms with Crippen molar-refractivity contribution < 1.29 is 4.79 Å². The number of nitrogens with two attached hydrogens (primary N) is 1. The summed E-state index contributed by atoms with van der Waals surface area (Å²) in [6.07, 6.45) is 3.21. The van der Waals surface area contributed by atoms with Crippen molar-refractivity contribution in [3.8, 4) is 0 Å². The van der Waals surface area contributed by atoms with Crippen molar-refractivity contribution in [2.24, 2.45) is 10.7 Å². The molecule has 0 aromatic heterocycles. The monoisotopic (exact) mass is 260 g/mol. The first-order valence-electron chi connectivity index (χ1n) is 6.62. The molecule has 4 N–H and O–H groups in total. The van der Waals surface area contributed by atoms with Gasteiger partial charge in [0.25, 0.3) is 0 Å². The molecule has 0 unspecified atom stereocenters. The molecule has 0 saturated heterocycles. The van der Waals surface area contributed by atoms with Crippen molar-refractivity contribution in [2.45, 2.75) is 32.2 Å². The molecule has 0 atom stereocenters. The smallest absolute Gasteiger partial charge is 0.246 e. The molecule has 1 aromatic rings. The van der Waals surface area contributed by atoms with Gasteiger partial charge in [0.05, 0.1) is 0 Å². The molecule has 0 spiro atoms. The third-order valence-electron chi connectivity index (χ3n) is 2.94. The molecule has 0 heterocycles. The van der Waals surface area contributed by atoms with Crippen LogP contribution in [0.3, 0.4) is 0 Å². The Morgan fingerprint density at radius 3 is 2.95 bits per heavy atom. The van der Waals surface area contributed by atoms with Gasteiger partial charge < -0.3 is 16.4 Å². The van der Waals surface area contributed by atoms with E-state index >= 15 is 0 Å². The summed E-state index contributed by atoms with van der Waals surface area (Å²) in [5.74, 6) is 0.189. The number of guanidine groups is 1. The summed E-state index contributed by atoms with van der Waals surface area (Å²) in [6.45, 7) is 2.12. The Bertz CT molecular complexity index is 480. The predicted octanol–water partition coefficient (Wildman–Crippen LogP) is 1.25. The summed E-state index contributed by atoms with van der Waals surface area (Å²) in [4.78, 5) is 15.7. The first-order valence-corrected chi connectivity index (χ1v) is 6.62. The lowest BCUT2D eigenvalue weighted by Gasteiger charge is -2.06. The number of nitrogens with one attached hydrogen (secondary N) is 2. The minimum Gasteiger partial charge on any atom is -0.370 e. The lowest BCUT2D eigenvalue weighted by atomic mass is 10.1. The molecular weight excluding hydrogens is 240 g/mol. The highest BCUT2D eigenvalue weighted by Gasteiger charge is 2.21. The Morgan fingerprint density at radius 1 is 1.47 bits per heavy atom. The number of anilines is 1. The topological polar surface area (TPSA) is 79.5 Å². The van der Waals surface area contributed by atoms with Crippen LogP contribution in [0.1, 0.15) is 25.3 Å². The van der Waals surface area contributed by atoms with Gasteiger partial charge in [-0.25, -0.2) is 4.99 Å². The fourth-order valence-corrected chi connectivity index (χ4v) is 1.71. The number of aryl methyl sites for hydroxylation is 1. The molecule has 1 aliphatic carbocycles. The molecule has 1 saturated carbocycles. The SMILES string of the molecule is CCc1cccc(NC(=O)CN=C(N)NC2CC2)c1. The Morgan fingerprint density at radius 2 is 2.26 bits per heavy atom. The number of amides is 1. The summed E-state index contributed by atoms with van der Waals surface area (Å²) in [7, 11) is 0. The van der Waals surface area contributed by atoms with Crippen molar-refractivity contribution in [1.29, 1.82) is 0 Å². The van der Waals surface area contributed by atoms with E-state index in [-0.39, 0.29) is 12.5 Å². The van der Waals surface area contributed by atoms with E-state index in [1.807, 2.05) is 24.3 Å². The van der Waals surface area contributed by atoms with E-state index in [2.05, 4.69) is 22.5 Å². The standard InChI is InChI=1S/C14H20N4O/c1-2-10-4-3-5-12(8-10)17-13(19)9-16-14(15)18-11-6-7-11/h3-5,8,11H,2,6-7,9H2,1H3,(H,17,19)(H3,15,16,18). The summed E-state index contributed by atoms with van der Waals surface area (Å²) in [5, 5.41) is 5.85. The third kappa shape index (κ3) is 4.62. The molecule has 0 radical (unpaired) electrons. The Labute approximate surface area is 113 Å². The zero-order valence-corrected chi connectivity index (χ0v) is 11.1. The van der Waals surface area contributed by atoms with Crippen LogP contribution < -0.4 is 16.4 Å². The molecule has 102 valence electrons. The van der Waals surface area contributed by atoms with Gasteiger partial charge in [-0.3, -0.25) is 4.79 Å². The summed E-state index contributed by atoms with van der Waals surface area (Å²) in [6, 6.07) is 8.25. The van der Waals surface area contributed by atoms with Gasteiger partial charge >= 0.3 is 0 Å². The normalized spacial score (nSPS) is 15.1. The van der Waals surface area contributed by atoms with E-state index in [9.17, 15) is 4.79 Å². The second kappa shape index (κ2) is 6.22. The maximum absolute atomic E-state index is 11.7. The maximum atomic E-state index is 11.7. The van der Waals surface area contributed by atoms with Crippen LogP contribution in [-0.4, -0.2) is 24.5 Å². The van der Waals surface area contributed by atoms with Gasteiger partial charge in [-0.15, -0.1) is 0 Å². The van der Waals surface area contributed by atoms with Crippen LogP contribution in [0.4, 0.5) is 5.69 Å². The lowest BCUT2D eigenvalue weighted by Crippen LogP contribution is -2.34. The number of hydrogen-bond acceptors (Lipinski definition) is 2. The van der Waals surface area contributed by atoms with Gasteiger partial charge in [-0.05, 0) is 37.0 Å². The lowest BCUT2D eigenvalue weighted by molar-refractivity contribution is -0.114. The van der Waals surface area contributed by atoms with E-state index in [1.54, 1.807) is 0 Å². The average molecular weight is 260 g/mol. The van der Waals surface area contributed by atoms with Crippen LogP contribution in [0.2, 0.25) is 0 Å². The van der Waals surface area contributed by atoms with E-state index < -0.39 is 0 Å². The van der Waals surface area contributed by atoms with E-state index in [4.69, 9.17) is 5.73 Å². The average Bonchev–Trinajstić information content (AvgIpc) is 3.20. The van der Waals surface area contributed by atoms with Gasteiger partial charge in [0.1, 0.15) is 6.54 Å². The first kappa shape index (κ1) is 13.4. The van der Waals surface area contributed by atoms with Crippen LogP contribution in [0, 0.1) is 0 Å². The van der Waals surface area contributed by atoms with Gasteiger partial charge in [0, 0.05) is 11.7 Å². The number of carbonyl (C=O) groups excluding carboxylic acids is 1. The molecule has 5 heteroatoms. The van der Waals surface area contributed by atoms with Crippen molar-refractivity contribution in [3.05, 3.63) is 29.8 Å². The molecule has 1 amide bonds. The molecule has 0 aliphatic heterocycles. The van der Waals surface area contributed by atoms with Crippen LogP contribution in [-0.2, 0) is 11.2 Å². The highest BCUT2D eigenvalue weighted by molar-refractivity contribution is 5.94. The van der Waals surface area contributed by atoms with Crippen molar-refractivity contribution in [2.75, 3.05) is 11.9 Å². The quantitative estimate of drug-likeness (QED) is 0.550. The number of nitrogens with zero attached hydrogens (tertiary/aromatic N) is 1. The van der Waals surface area contributed by atoms with Crippen molar-refractivity contribution in [3.63, 3.8) is 0 Å². The molecule has 19 heavy (non-hydrogen) atoms. The second-order valence-electron chi connectivity index (χ2n) is 4.72. The van der Waals surface area contributed by atoms with Crippen LogP contribution in [0.15, 0.2) is 29.3 Å². The molecule has 1 fully saturated rings. The molecule has 2 rings (SSSR count). The minimum absolute atomic E-state index is 0.0436.